The Morgan fingerprint density at radius 2 is 1.85 bits per heavy atom. The van der Waals surface area contributed by atoms with Crippen LogP contribution in [0.2, 0.25) is 0 Å². The van der Waals surface area contributed by atoms with Gasteiger partial charge in [0.05, 0.1) is 26.2 Å². The van der Waals surface area contributed by atoms with E-state index < -0.39 is 5.92 Å². The molecule has 0 radical (unpaired) electrons. The van der Waals surface area contributed by atoms with Crippen molar-refractivity contribution in [3.05, 3.63) is 54.6 Å². The predicted molar refractivity (Wildman–Crippen MR) is 101 cm³/mol. The van der Waals surface area contributed by atoms with Crippen LogP contribution in [-0.4, -0.2) is 38.7 Å². The number of carbonyl (C=O) groups is 2. The Labute approximate surface area is 158 Å². The van der Waals surface area contributed by atoms with E-state index in [0.717, 1.165) is 11.4 Å². The molecule has 6 heteroatoms. The molecule has 0 saturated carbocycles. The number of nitrogens with zero attached hydrogens (tertiary/aromatic N) is 1. The zero-order valence-electron chi connectivity index (χ0n) is 15.3. The number of anilines is 1. The lowest BCUT2D eigenvalue weighted by Crippen LogP contribution is -2.26. The van der Waals surface area contributed by atoms with Gasteiger partial charge in [-0.3, -0.25) is 9.59 Å². The van der Waals surface area contributed by atoms with Gasteiger partial charge in [0.15, 0.2) is 0 Å². The van der Waals surface area contributed by atoms with Gasteiger partial charge in [-0.05, 0) is 24.3 Å². The summed E-state index contributed by atoms with van der Waals surface area (Å²) < 4.78 is 16.1. The molecule has 6 nitrogen and oxygen atoms in total. The Bertz CT molecular complexity index is 777. The van der Waals surface area contributed by atoms with E-state index in [9.17, 15) is 9.59 Å². The number of esters is 1. The fourth-order valence-electron chi connectivity index (χ4n) is 2.95. The Kier molecular flexibility index (Phi) is 6.30. The van der Waals surface area contributed by atoms with Gasteiger partial charge >= 0.3 is 5.97 Å². The number of rotatable bonds is 8. The lowest BCUT2D eigenvalue weighted by molar-refractivity contribution is -0.148. The molecule has 2 aromatic carbocycles. The molecule has 1 saturated heterocycles. The molecule has 0 aromatic heterocycles. The van der Waals surface area contributed by atoms with Crippen LogP contribution in [0.15, 0.2) is 54.6 Å². The first-order valence-electron chi connectivity index (χ1n) is 8.96. The van der Waals surface area contributed by atoms with Crippen molar-refractivity contribution < 1.29 is 23.8 Å². The predicted octanol–water partition coefficient (Wildman–Crippen LogP) is 3.06. The monoisotopic (exact) mass is 369 g/mol. The van der Waals surface area contributed by atoms with Gasteiger partial charge in [-0.2, -0.15) is 0 Å². The number of hydrogen-bond donors (Lipinski definition) is 0. The standard InChI is InChI=1S/C21H23NO5/c1-25-19-10-5-7-17(14-19)22-15-16(13-20(22)23)21(24)27-12-6-11-26-18-8-3-2-4-9-18/h2-5,7-10,14,16H,6,11-13,15H2,1H3. The van der Waals surface area contributed by atoms with Gasteiger partial charge in [0.1, 0.15) is 11.5 Å². The van der Waals surface area contributed by atoms with Crippen LogP contribution in [0.1, 0.15) is 12.8 Å². The molecule has 0 aliphatic carbocycles. The van der Waals surface area contributed by atoms with Crippen LogP contribution in [0.25, 0.3) is 0 Å². The highest BCUT2D eigenvalue weighted by atomic mass is 16.5. The molecular formula is C21H23NO5. The van der Waals surface area contributed by atoms with Crippen molar-refractivity contribution in [1.29, 1.82) is 0 Å². The van der Waals surface area contributed by atoms with E-state index in [1.807, 2.05) is 48.5 Å². The Morgan fingerprint density at radius 3 is 2.63 bits per heavy atom. The Balaban J connectivity index is 1.43. The third-order valence-electron chi connectivity index (χ3n) is 4.37. The van der Waals surface area contributed by atoms with Gasteiger partial charge in [0.2, 0.25) is 5.91 Å². The molecule has 1 aliphatic rings. The zero-order chi connectivity index (χ0) is 19.1. The minimum absolute atomic E-state index is 0.0855. The fraction of sp³-hybridized carbons (Fsp3) is 0.333. The van der Waals surface area contributed by atoms with Crippen LogP contribution in [0.5, 0.6) is 11.5 Å². The van der Waals surface area contributed by atoms with Crippen LogP contribution in [0.4, 0.5) is 5.69 Å². The summed E-state index contributed by atoms with van der Waals surface area (Å²) in [6.45, 7) is 1.07. The molecular weight excluding hydrogens is 346 g/mol. The molecule has 0 spiro atoms. The molecule has 1 fully saturated rings. The van der Waals surface area contributed by atoms with Crippen LogP contribution in [-0.2, 0) is 14.3 Å². The number of amides is 1. The third kappa shape index (κ3) is 5.00. The second kappa shape index (κ2) is 9.07. The zero-order valence-corrected chi connectivity index (χ0v) is 15.3. The first-order chi connectivity index (χ1) is 13.2. The van der Waals surface area contributed by atoms with E-state index in [2.05, 4.69) is 0 Å². The number of para-hydroxylation sites is 1. The average molecular weight is 369 g/mol. The van der Waals surface area contributed by atoms with Crippen molar-refractivity contribution in [2.75, 3.05) is 31.8 Å². The summed E-state index contributed by atoms with van der Waals surface area (Å²) in [6.07, 6.45) is 0.761. The molecule has 0 bridgehead atoms. The van der Waals surface area contributed by atoms with Crippen LogP contribution in [0, 0.1) is 5.92 Å². The van der Waals surface area contributed by atoms with Crippen molar-refractivity contribution in [2.24, 2.45) is 5.92 Å². The molecule has 2 aromatic rings. The number of methoxy groups -OCH3 is 1. The van der Waals surface area contributed by atoms with Gasteiger partial charge in [-0.25, -0.2) is 0 Å². The lowest BCUT2D eigenvalue weighted by atomic mass is 10.1. The summed E-state index contributed by atoms with van der Waals surface area (Å²) in [4.78, 5) is 26.1. The highest BCUT2D eigenvalue weighted by molar-refractivity contribution is 5.99. The highest BCUT2D eigenvalue weighted by Gasteiger charge is 2.36. The molecule has 1 amide bonds. The van der Waals surface area contributed by atoms with E-state index in [-0.39, 0.29) is 24.9 Å². The largest absolute Gasteiger partial charge is 0.497 e. The number of benzene rings is 2. The molecule has 1 aliphatic heterocycles. The minimum atomic E-state index is -0.446. The maximum Gasteiger partial charge on any atom is 0.311 e. The first-order valence-corrected chi connectivity index (χ1v) is 8.96. The molecule has 3 rings (SSSR count). The fourth-order valence-corrected chi connectivity index (χ4v) is 2.95. The van der Waals surface area contributed by atoms with Gasteiger partial charge < -0.3 is 19.1 Å². The normalized spacial score (nSPS) is 16.3. The van der Waals surface area contributed by atoms with Crippen LogP contribution < -0.4 is 14.4 Å². The van der Waals surface area contributed by atoms with Gasteiger partial charge in [-0.15, -0.1) is 0 Å². The summed E-state index contributed by atoms with van der Waals surface area (Å²) in [6, 6.07) is 16.7. The number of ether oxygens (including phenoxy) is 3. The van der Waals surface area contributed by atoms with Crippen molar-refractivity contribution >= 4 is 17.6 Å². The van der Waals surface area contributed by atoms with Crippen molar-refractivity contribution in [3.63, 3.8) is 0 Å². The maximum absolute atomic E-state index is 12.3. The SMILES string of the molecule is COc1cccc(N2CC(C(=O)OCCCOc3ccccc3)CC2=O)c1. The second-order valence-corrected chi connectivity index (χ2v) is 6.29. The smallest absolute Gasteiger partial charge is 0.311 e. The molecule has 0 N–H and O–H groups in total. The molecule has 1 heterocycles. The van der Waals surface area contributed by atoms with Crippen molar-refractivity contribution in [3.8, 4) is 11.5 Å². The summed E-state index contributed by atoms with van der Waals surface area (Å²) in [7, 11) is 1.58. The lowest BCUT2D eigenvalue weighted by Gasteiger charge is -2.17. The van der Waals surface area contributed by atoms with E-state index in [0.29, 0.717) is 25.3 Å². The quantitative estimate of drug-likeness (QED) is 0.529. The molecule has 27 heavy (non-hydrogen) atoms. The minimum Gasteiger partial charge on any atom is -0.497 e. The topological polar surface area (TPSA) is 65.1 Å². The number of hydrogen-bond acceptors (Lipinski definition) is 5. The molecule has 142 valence electrons. The van der Waals surface area contributed by atoms with E-state index >= 15 is 0 Å². The van der Waals surface area contributed by atoms with Gasteiger partial charge in [0, 0.05) is 31.1 Å². The first kappa shape index (κ1) is 18.8. The third-order valence-corrected chi connectivity index (χ3v) is 4.37. The summed E-state index contributed by atoms with van der Waals surface area (Å²) in [5.74, 6) is 0.591. The summed E-state index contributed by atoms with van der Waals surface area (Å²) in [5.41, 5.74) is 0.728. The van der Waals surface area contributed by atoms with E-state index in [1.165, 1.54) is 0 Å². The molecule has 1 atom stereocenters. The highest BCUT2D eigenvalue weighted by Crippen LogP contribution is 2.28. The maximum atomic E-state index is 12.3. The molecule has 1 unspecified atom stereocenters. The van der Waals surface area contributed by atoms with Crippen molar-refractivity contribution in [1.82, 2.24) is 0 Å². The summed E-state index contributed by atoms with van der Waals surface area (Å²) >= 11 is 0. The van der Waals surface area contributed by atoms with E-state index in [4.69, 9.17) is 14.2 Å². The average Bonchev–Trinajstić information content (AvgIpc) is 3.10. The van der Waals surface area contributed by atoms with Gasteiger partial charge in [-0.1, -0.05) is 24.3 Å². The van der Waals surface area contributed by atoms with E-state index in [1.54, 1.807) is 18.1 Å². The van der Waals surface area contributed by atoms with Gasteiger partial charge in [0.25, 0.3) is 0 Å². The number of carbonyl (C=O) groups excluding carboxylic acids is 2. The Morgan fingerprint density at radius 1 is 1.07 bits per heavy atom. The van der Waals surface area contributed by atoms with Crippen LogP contribution in [0.3, 0.4) is 0 Å². The Hall–Kier alpha value is -3.02. The summed E-state index contributed by atoms with van der Waals surface area (Å²) in [5, 5.41) is 0. The second-order valence-electron chi connectivity index (χ2n) is 6.29. The van der Waals surface area contributed by atoms with Crippen LogP contribution >= 0.6 is 0 Å². The van der Waals surface area contributed by atoms with Crippen molar-refractivity contribution in [2.45, 2.75) is 12.8 Å².